The van der Waals surface area contributed by atoms with E-state index in [4.69, 9.17) is 39.5 Å². The van der Waals surface area contributed by atoms with Crippen LogP contribution >= 0.6 is 34.8 Å². The van der Waals surface area contributed by atoms with E-state index in [2.05, 4.69) is 10.6 Å². The third-order valence-electron chi connectivity index (χ3n) is 4.32. The number of nitrogens with zero attached hydrogens (tertiary/aromatic N) is 1. The standard InChI is InChI=1S/C24H16Cl3N3O4/c25-16-1-8-22(34-13-23(32)29-18-4-7-20(26)21(27)11-18)14(10-16)9-15(12-28)24(33)30-17-2-5-19(31)6-3-17/h1-11,31H,13H2,(H,29,32)(H,30,33)/b15-9+. The number of anilines is 2. The van der Waals surface area contributed by atoms with Crippen LogP contribution in [0.1, 0.15) is 5.56 Å². The van der Waals surface area contributed by atoms with Gasteiger partial charge in [-0.25, -0.2) is 0 Å². The summed E-state index contributed by atoms with van der Waals surface area (Å²) in [6.07, 6.45) is 1.30. The van der Waals surface area contributed by atoms with Gasteiger partial charge < -0.3 is 20.5 Å². The lowest BCUT2D eigenvalue weighted by Gasteiger charge is -2.11. The average Bonchev–Trinajstić information content (AvgIpc) is 2.80. The molecule has 3 aromatic carbocycles. The van der Waals surface area contributed by atoms with Gasteiger partial charge in [-0.15, -0.1) is 0 Å². The fourth-order valence-corrected chi connectivity index (χ4v) is 3.20. The second-order valence-corrected chi connectivity index (χ2v) is 8.07. The first-order chi connectivity index (χ1) is 16.2. The second-order valence-electron chi connectivity index (χ2n) is 6.82. The Hall–Kier alpha value is -3.70. The highest BCUT2D eigenvalue weighted by atomic mass is 35.5. The number of nitrogens with one attached hydrogen (secondary N) is 2. The predicted octanol–water partition coefficient (Wildman–Crippen LogP) is 5.92. The van der Waals surface area contributed by atoms with Crippen LogP contribution in [0.4, 0.5) is 11.4 Å². The number of nitriles is 1. The highest BCUT2D eigenvalue weighted by Gasteiger charge is 2.13. The number of phenols is 1. The smallest absolute Gasteiger partial charge is 0.266 e. The maximum Gasteiger partial charge on any atom is 0.266 e. The van der Waals surface area contributed by atoms with Gasteiger partial charge in [-0.3, -0.25) is 9.59 Å². The minimum atomic E-state index is -0.670. The molecule has 0 aliphatic carbocycles. The van der Waals surface area contributed by atoms with Gasteiger partial charge >= 0.3 is 0 Å². The van der Waals surface area contributed by atoms with Gasteiger partial charge in [0.15, 0.2) is 6.61 Å². The van der Waals surface area contributed by atoms with Crippen molar-refractivity contribution in [1.82, 2.24) is 0 Å². The highest BCUT2D eigenvalue weighted by Crippen LogP contribution is 2.27. The summed E-state index contributed by atoms with van der Waals surface area (Å²) in [5.41, 5.74) is 0.940. The van der Waals surface area contributed by atoms with Crippen LogP contribution in [0.2, 0.25) is 15.1 Å². The zero-order valence-corrected chi connectivity index (χ0v) is 19.6. The number of benzene rings is 3. The summed E-state index contributed by atoms with van der Waals surface area (Å²) < 4.78 is 5.59. The van der Waals surface area contributed by atoms with Gasteiger partial charge in [-0.2, -0.15) is 5.26 Å². The molecule has 0 aliphatic rings. The fourth-order valence-electron chi connectivity index (χ4n) is 2.73. The Morgan fingerprint density at radius 1 is 0.941 bits per heavy atom. The molecule has 3 rings (SSSR count). The molecule has 0 aliphatic heterocycles. The number of rotatable bonds is 7. The number of carbonyl (C=O) groups is 2. The van der Waals surface area contributed by atoms with Crippen molar-refractivity contribution in [2.45, 2.75) is 0 Å². The van der Waals surface area contributed by atoms with Crippen LogP contribution in [0.5, 0.6) is 11.5 Å². The van der Waals surface area contributed by atoms with Crippen molar-refractivity contribution >= 4 is 64.1 Å². The minimum Gasteiger partial charge on any atom is -0.508 e. The van der Waals surface area contributed by atoms with Crippen LogP contribution in [-0.4, -0.2) is 23.5 Å². The predicted molar refractivity (Wildman–Crippen MR) is 132 cm³/mol. The van der Waals surface area contributed by atoms with E-state index < -0.39 is 11.8 Å². The number of hydrogen-bond donors (Lipinski definition) is 3. The van der Waals surface area contributed by atoms with Crippen LogP contribution in [0.15, 0.2) is 66.2 Å². The topological polar surface area (TPSA) is 111 Å². The number of aromatic hydroxyl groups is 1. The van der Waals surface area contributed by atoms with Crippen molar-refractivity contribution < 1.29 is 19.4 Å². The quantitative estimate of drug-likeness (QED) is 0.205. The molecule has 0 saturated carbocycles. The number of carbonyl (C=O) groups excluding carboxylic acids is 2. The monoisotopic (exact) mass is 515 g/mol. The lowest BCUT2D eigenvalue weighted by Crippen LogP contribution is -2.20. The van der Waals surface area contributed by atoms with E-state index in [1.54, 1.807) is 18.2 Å². The van der Waals surface area contributed by atoms with E-state index in [0.29, 0.717) is 32.0 Å². The molecule has 7 nitrogen and oxygen atoms in total. The summed E-state index contributed by atoms with van der Waals surface area (Å²) in [5, 5.41) is 25.0. The van der Waals surface area contributed by atoms with E-state index in [9.17, 15) is 20.0 Å². The Labute approximate surface area is 210 Å². The van der Waals surface area contributed by atoms with Crippen LogP contribution in [0.25, 0.3) is 6.08 Å². The molecule has 10 heteroatoms. The number of hydrogen-bond acceptors (Lipinski definition) is 5. The molecule has 2 amide bonds. The van der Waals surface area contributed by atoms with Gasteiger partial charge in [0.2, 0.25) is 0 Å². The zero-order valence-electron chi connectivity index (χ0n) is 17.3. The Morgan fingerprint density at radius 2 is 1.65 bits per heavy atom. The Bertz CT molecular complexity index is 1300. The van der Waals surface area contributed by atoms with Crippen molar-refractivity contribution in [2.75, 3.05) is 17.2 Å². The molecule has 0 bridgehead atoms. The molecular formula is C24H16Cl3N3O4. The second kappa shape index (κ2) is 11.4. The third kappa shape index (κ3) is 6.90. The molecule has 0 spiro atoms. The summed E-state index contributed by atoms with van der Waals surface area (Å²) in [6.45, 7) is -0.357. The maximum atomic E-state index is 12.5. The first kappa shape index (κ1) is 24.9. The number of ether oxygens (including phenoxy) is 1. The zero-order chi connectivity index (χ0) is 24.7. The fraction of sp³-hybridized carbons (Fsp3) is 0.0417. The van der Waals surface area contributed by atoms with Crippen LogP contribution in [-0.2, 0) is 9.59 Å². The Balaban J connectivity index is 1.73. The molecule has 34 heavy (non-hydrogen) atoms. The molecule has 0 unspecified atom stereocenters. The molecule has 0 aromatic heterocycles. The molecule has 0 heterocycles. The molecule has 0 fully saturated rings. The summed E-state index contributed by atoms with van der Waals surface area (Å²) in [4.78, 5) is 24.8. The molecule has 0 radical (unpaired) electrons. The van der Waals surface area contributed by atoms with Crippen molar-refractivity contribution in [2.24, 2.45) is 0 Å². The molecule has 0 atom stereocenters. The molecule has 3 N–H and O–H groups in total. The normalized spacial score (nSPS) is 10.8. The highest BCUT2D eigenvalue weighted by molar-refractivity contribution is 6.42. The van der Waals surface area contributed by atoms with Crippen molar-refractivity contribution in [3.63, 3.8) is 0 Å². The van der Waals surface area contributed by atoms with E-state index >= 15 is 0 Å². The van der Waals surface area contributed by atoms with Gasteiger partial charge in [0.25, 0.3) is 11.8 Å². The number of halogens is 3. The van der Waals surface area contributed by atoms with Gasteiger partial charge in [0, 0.05) is 22.0 Å². The van der Waals surface area contributed by atoms with Gasteiger partial charge in [-0.1, -0.05) is 34.8 Å². The molecule has 172 valence electrons. The van der Waals surface area contributed by atoms with E-state index in [-0.39, 0.29) is 23.7 Å². The number of amides is 2. The van der Waals surface area contributed by atoms with Gasteiger partial charge in [-0.05, 0) is 66.7 Å². The molecule has 0 saturated heterocycles. The van der Waals surface area contributed by atoms with E-state index in [1.807, 2.05) is 6.07 Å². The van der Waals surface area contributed by atoms with Crippen LogP contribution in [0.3, 0.4) is 0 Å². The van der Waals surface area contributed by atoms with Crippen molar-refractivity contribution in [3.8, 4) is 17.6 Å². The molecule has 3 aromatic rings. The van der Waals surface area contributed by atoms with Crippen molar-refractivity contribution in [1.29, 1.82) is 5.26 Å². The van der Waals surface area contributed by atoms with Gasteiger partial charge in [0.05, 0.1) is 10.0 Å². The third-order valence-corrected chi connectivity index (χ3v) is 5.30. The number of phenolic OH excluding ortho intramolecular Hbond substituents is 1. The summed E-state index contributed by atoms with van der Waals surface area (Å²) in [5.74, 6) is -0.859. The maximum absolute atomic E-state index is 12.5. The van der Waals surface area contributed by atoms with Crippen molar-refractivity contribution in [3.05, 3.63) is 86.9 Å². The summed E-state index contributed by atoms with van der Waals surface area (Å²) in [7, 11) is 0. The van der Waals surface area contributed by atoms with Gasteiger partial charge in [0.1, 0.15) is 23.1 Å². The van der Waals surface area contributed by atoms with Crippen LogP contribution in [0, 0.1) is 11.3 Å². The lowest BCUT2D eigenvalue weighted by molar-refractivity contribution is -0.118. The minimum absolute atomic E-state index is 0.0398. The summed E-state index contributed by atoms with van der Waals surface area (Å²) in [6, 6.07) is 16.8. The molecular weight excluding hydrogens is 501 g/mol. The van der Waals surface area contributed by atoms with E-state index in [0.717, 1.165) is 0 Å². The Morgan fingerprint density at radius 3 is 2.32 bits per heavy atom. The summed E-state index contributed by atoms with van der Waals surface area (Å²) >= 11 is 17.9. The van der Waals surface area contributed by atoms with Crippen LogP contribution < -0.4 is 15.4 Å². The lowest BCUT2D eigenvalue weighted by atomic mass is 10.1. The average molecular weight is 517 g/mol. The first-order valence-corrected chi connectivity index (χ1v) is 10.8. The SMILES string of the molecule is N#C/C(=C\c1cc(Cl)ccc1OCC(=O)Nc1ccc(Cl)c(Cl)c1)C(=O)Nc1ccc(O)cc1. The van der Waals surface area contributed by atoms with E-state index in [1.165, 1.54) is 48.5 Å². The largest absolute Gasteiger partial charge is 0.508 e. The first-order valence-electron chi connectivity index (χ1n) is 9.64. The Kier molecular flexibility index (Phi) is 8.39.